The number of hydrogen-bond acceptors (Lipinski definition) is 4. The van der Waals surface area contributed by atoms with E-state index in [1.54, 1.807) is 11.3 Å². The van der Waals surface area contributed by atoms with E-state index in [4.69, 9.17) is 5.84 Å². The van der Waals surface area contributed by atoms with Crippen LogP contribution < -0.4 is 11.3 Å². The molecule has 0 bridgehead atoms. The van der Waals surface area contributed by atoms with E-state index in [1.807, 2.05) is 19.1 Å². The summed E-state index contributed by atoms with van der Waals surface area (Å²) in [7, 11) is 0. The van der Waals surface area contributed by atoms with Crippen molar-refractivity contribution in [3.8, 4) is 0 Å². The number of aryl methyl sites for hydroxylation is 2. The van der Waals surface area contributed by atoms with Gasteiger partial charge in [0.05, 0.1) is 11.0 Å². The SMILES string of the molecule is Cc1csc(CC(NN)c2ccccc2C)n1. The van der Waals surface area contributed by atoms with Crippen molar-refractivity contribution in [3.63, 3.8) is 0 Å². The summed E-state index contributed by atoms with van der Waals surface area (Å²) in [6.07, 6.45) is 0.833. The molecular formula is C13H17N3S. The Morgan fingerprint density at radius 2 is 2.12 bits per heavy atom. The number of hydrogen-bond donors (Lipinski definition) is 2. The lowest BCUT2D eigenvalue weighted by Gasteiger charge is -2.17. The van der Waals surface area contributed by atoms with Crippen LogP contribution in [0.3, 0.4) is 0 Å². The third-order valence-corrected chi connectivity index (χ3v) is 3.80. The highest BCUT2D eigenvalue weighted by molar-refractivity contribution is 7.09. The molecule has 1 unspecified atom stereocenters. The number of benzene rings is 1. The van der Waals surface area contributed by atoms with Crippen molar-refractivity contribution in [1.82, 2.24) is 10.4 Å². The standard InChI is InChI=1S/C13H17N3S/c1-9-5-3-4-6-11(9)12(16-14)7-13-15-10(2)8-17-13/h3-6,8,12,16H,7,14H2,1-2H3. The summed E-state index contributed by atoms with van der Waals surface area (Å²) >= 11 is 1.69. The molecule has 0 aliphatic carbocycles. The summed E-state index contributed by atoms with van der Waals surface area (Å²) in [6, 6.07) is 8.43. The Morgan fingerprint density at radius 1 is 1.35 bits per heavy atom. The normalized spacial score (nSPS) is 12.6. The number of nitrogens with one attached hydrogen (secondary N) is 1. The minimum atomic E-state index is 0.127. The number of aromatic nitrogens is 1. The van der Waals surface area contributed by atoms with Gasteiger partial charge in [0.2, 0.25) is 0 Å². The number of thiazole rings is 1. The number of nitrogens with zero attached hydrogens (tertiary/aromatic N) is 1. The predicted molar refractivity (Wildman–Crippen MR) is 71.8 cm³/mol. The van der Waals surface area contributed by atoms with Gasteiger partial charge >= 0.3 is 0 Å². The van der Waals surface area contributed by atoms with Crippen LogP contribution in [0.15, 0.2) is 29.6 Å². The number of nitrogens with two attached hydrogens (primary N) is 1. The predicted octanol–water partition coefficient (Wildman–Crippen LogP) is 2.51. The van der Waals surface area contributed by atoms with Crippen molar-refractivity contribution >= 4 is 11.3 Å². The fourth-order valence-corrected chi connectivity index (χ4v) is 2.73. The van der Waals surface area contributed by atoms with Gasteiger partial charge in [-0.2, -0.15) is 0 Å². The van der Waals surface area contributed by atoms with Gasteiger partial charge in [0.25, 0.3) is 0 Å². The van der Waals surface area contributed by atoms with Gasteiger partial charge in [-0.15, -0.1) is 11.3 Å². The van der Waals surface area contributed by atoms with E-state index in [2.05, 4.69) is 34.8 Å². The molecule has 1 aromatic heterocycles. The minimum absolute atomic E-state index is 0.127. The average molecular weight is 247 g/mol. The Balaban J connectivity index is 2.20. The van der Waals surface area contributed by atoms with Crippen molar-refractivity contribution in [2.75, 3.05) is 0 Å². The van der Waals surface area contributed by atoms with Crippen molar-refractivity contribution in [2.45, 2.75) is 26.3 Å². The molecule has 3 nitrogen and oxygen atoms in total. The second-order valence-corrected chi connectivity index (χ2v) is 5.11. The fraction of sp³-hybridized carbons (Fsp3) is 0.308. The van der Waals surface area contributed by atoms with Gasteiger partial charge in [0.15, 0.2) is 0 Å². The summed E-state index contributed by atoms with van der Waals surface area (Å²) in [6.45, 7) is 4.12. The highest BCUT2D eigenvalue weighted by Gasteiger charge is 2.14. The zero-order valence-electron chi connectivity index (χ0n) is 10.1. The van der Waals surface area contributed by atoms with Crippen LogP contribution in [0.1, 0.15) is 27.9 Å². The van der Waals surface area contributed by atoms with Crippen LogP contribution >= 0.6 is 11.3 Å². The van der Waals surface area contributed by atoms with Gasteiger partial charge in [0, 0.05) is 17.5 Å². The zero-order valence-corrected chi connectivity index (χ0v) is 10.9. The summed E-state index contributed by atoms with van der Waals surface area (Å²) in [4.78, 5) is 4.48. The molecule has 1 atom stereocenters. The first-order chi connectivity index (χ1) is 8.20. The Bertz CT molecular complexity index is 493. The first-order valence-electron chi connectivity index (χ1n) is 5.63. The van der Waals surface area contributed by atoms with Crippen LogP contribution in [0.25, 0.3) is 0 Å². The molecule has 2 aromatic rings. The third kappa shape index (κ3) is 2.91. The molecule has 0 saturated carbocycles. The lowest BCUT2D eigenvalue weighted by molar-refractivity contribution is 0.548. The molecule has 0 fully saturated rings. The molecular weight excluding hydrogens is 230 g/mol. The molecule has 0 saturated heterocycles. The van der Waals surface area contributed by atoms with E-state index >= 15 is 0 Å². The van der Waals surface area contributed by atoms with E-state index in [1.165, 1.54) is 11.1 Å². The third-order valence-electron chi connectivity index (χ3n) is 2.81. The maximum atomic E-state index is 5.66. The van der Waals surface area contributed by atoms with Gasteiger partial charge in [-0.3, -0.25) is 11.3 Å². The van der Waals surface area contributed by atoms with Crippen molar-refractivity contribution < 1.29 is 0 Å². The van der Waals surface area contributed by atoms with Gasteiger partial charge in [-0.05, 0) is 25.0 Å². The largest absolute Gasteiger partial charge is 0.271 e. The van der Waals surface area contributed by atoms with Crippen molar-refractivity contribution in [2.24, 2.45) is 5.84 Å². The van der Waals surface area contributed by atoms with E-state index in [9.17, 15) is 0 Å². The monoisotopic (exact) mass is 247 g/mol. The molecule has 0 aliphatic rings. The molecule has 3 N–H and O–H groups in total. The second-order valence-electron chi connectivity index (χ2n) is 4.16. The van der Waals surface area contributed by atoms with Crippen LogP contribution in [-0.4, -0.2) is 4.98 Å². The van der Waals surface area contributed by atoms with Crippen LogP contribution in [0.5, 0.6) is 0 Å². The van der Waals surface area contributed by atoms with E-state index in [-0.39, 0.29) is 6.04 Å². The minimum Gasteiger partial charge on any atom is -0.271 e. The summed E-state index contributed by atoms with van der Waals surface area (Å²) in [5, 5.41) is 3.19. The van der Waals surface area contributed by atoms with Crippen molar-refractivity contribution in [3.05, 3.63) is 51.5 Å². The van der Waals surface area contributed by atoms with E-state index in [0.717, 1.165) is 17.1 Å². The molecule has 1 aromatic carbocycles. The molecule has 0 radical (unpaired) electrons. The fourth-order valence-electron chi connectivity index (χ4n) is 1.91. The molecule has 0 aliphatic heterocycles. The first kappa shape index (κ1) is 12.2. The summed E-state index contributed by atoms with van der Waals surface area (Å²) in [5.41, 5.74) is 6.45. The number of hydrazine groups is 1. The Kier molecular flexibility index (Phi) is 3.89. The quantitative estimate of drug-likeness (QED) is 0.644. The van der Waals surface area contributed by atoms with Gasteiger partial charge in [-0.1, -0.05) is 24.3 Å². The maximum Gasteiger partial charge on any atom is 0.0947 e. The van der Waals surface area contributed by atoms with Crippen molar-refractivity contribution in [1.29, 1.82) is 0 Å². The molecule has 1 heterocycles. The van der Waals surface area contributed by atoms with E-state index in [0.29, 0.717) is 0 Å². The second kappa shape index (κ2) is 5.40. The van der Waals surface area contributed by atoms with Crippen LogP contribution in [0.4, 0.5) is 0 Å². The molecule has 2 rings (SSSR count). The average Bonchev–Trinajstić information content (AvgIpc) is 2.73. The Morgan fingerprint density at radius 3 is 2.71 bits per heavy atom. The van der Waals surface area contributed by atoms with E-state index < -0.39 is 0 Å². The van der Waals surface area contributed by atoms with Crippen LogP contribution in [0, 0.1) is 13.8 Å². The van der Waals surface area contributed by atoms with Gasteiger partial charge in [-0.25, -0.2) is 4.98 Å². The van der Waals surface area contributed by atoms with Crippen LogP contribution in [0.2, 0.25) is 0 Å². The highest BCUT2D eigenvalue weighted by Crippen LogP contribution is 2.22. The molecule has 17 heavy (non-hydrogen) atoms. The lowest BCUT2D eigenvalue weighted by atomic mass is 10.00. The zero-order chi connectivity index (χ0) is 12.3. The Labute approximate surface area is 106 Å². The molecule has 4 heteroatoms. The number of rotatable bonds is 4. The topological polar surface area (TPSA) is 50.9 Å². The smallest absolute Gasteiger partial charge is 0.0947 e. The first-order valence-corrected chi connectivity index (χ1v) is 6.51. The molecule has 0 amide bonds. The molecule has 0 spiro atoms. The highest BCUT2D eigenvalue weighted by atomic mass is 32.1. The lowest BCUT2D eigenvalue weighted by Crippen LogP contribution is -2.30. The summed E-state index contributed by atoms with van der Waals surface area (Å²) < 4.78 is 0. The molecule has 90 valence electrons. The summed E-state index contributed by atoms with van der Waals surface area (Å²) in [5.74, 6) is 5.66. The van der Waals surface area contributed by atoms with Gasteiger partial charge < -0.3 is 0 Å². The van der Waals surface area contributed by atoms with Crippen LogP contribution in [-0.2, 0) is 6.42 Å². The van der Waals surface area contributed by atoms with Gasteiger partial charge in [0.1, 0.15) is 0 Å². The maximum absolute atomic E-state index is 5.66. The Hall–Kier alpha value is -1.23.